The van der Waals surface area contributed by atoms with Gasteiger partial charge in [0.15, 0.2) is 0 Å². The number of piperidine rings is 1. The third-order valence-corrected chi connectivity index (χ3v) is 4.83. The Morgan fingerprint density at radius 1 is 1.44 bits per heavy atom. The molecule has 0 bridgehead atoms. The van der Waals surface area contributed by atoms with E-state index in [2.05, 4.69) is 5.16 Å². The van der Waals surface area contributed by atoms with E-state index in [1.807, 2.05) is 0 Å². The van der Waals surface area contributed by atoms with Crippen LogP contribution in [-0.4, -0.2) is 36.9 Å². The lowest BCUT2D eigenvalue weighted by Gasteiger charge is -2.30. The van der Waals surface area contributed by atoms with Gasteiger partial charge in [0.25, 0.3) is 10.2 Å². The lowest BCUT2D eigenvalue weighted by Crippen LogP contribution is -2.43. The van der Waals surface area contributed by atoms with Crippen LogP contribution in [0.25, 0.3) is 0 Å². The van der Waals surface area contributed by atoms with Crippen LogP contribution in [0, 0.1) is 11.3 Å². The molecule has 7 nitrogen and oxygen atoms in total. The summed E-state index contributed by atoms with van der Waals surface area (Å²) in [4.78, 5) is 0. The van der Waals surface area contributed by atoms with E-state index in [0.717, 1.165) is 19.3 Å². The van der Waals surface area contributed by atoms with Crippen LogP contribution in [-0.2, 0) is 10.2 Å². The number of nitrogens with two attached hydrogens (primary N) is 2. The van der Waals surface area contributed by atoms with Gasteiger partial charge in [-0.05, 0) is 24.7 Å². The fourth-order valence-electron chi connectivity index (χ4n) is 2.57. The highest BCUT2D eigenvalue weighted by Crippen LogP contribution is 2.59. The van der Waals surface area contributed by atoms with Gasteiger partial charge in [0.2, 0.25) is 0 Å². The maximum Gasteiger partial charge on any atom is 0.276 e. The molecule has 1 atom stereocenters. The van der Waals surface area contributed by atoms with Crippen LogP contribution >= 0.6 is 0 Å². The summed E-state index contributed by atoms with van der Waals surface area (Å²) < 4.78 is 23.5. The molecule has 2 fully saturated rings. The van der Waals surface area contributed by atoms with Crippen molar-refractivity contribution in [2.75, 3.05) is 13.1 Å². The molecular formula is C8H16N4O3S. The molecule has 2 aliphatic rings. The number of amidine groups is 1. The Labute approximate surface area is 94.3 Å². The van der Waals surface area contributed by atoms with E-state index in [4.69, 9.17) is 16.1 Å². The van der Waals surface area contributed by atoms with Gasteiger partial charge >= 0.3 is 0 Å². The molecule has 1 saturated heterocycles. The molecule has 1 aliphatic heterocycles. The zero-order valence-corrected chi connectivity index (χ0v) is 9.65. The SMILES string of the molecule is N/C(=N\O)C1CC12CCN(S(N)(=O)=O)CC2. The van der Waals surface area contributed by atoms with Crippen molar-refractivity contribution >= 4 is 16.0 Å². The van der Waals surface area contributed by atoms with Crippen LogP contribution in [0.3, 0.4) is 0 Å². The van der Waals surface area contributed by atoms with Crippen molar-refractivity contribution in [1.82, 2.24) is 4.31 Å². The molecule has 0 amide bonds. The van der Waals surface area contributed by atoms with Crippen molar-refractivity contribution in [2.24, 2.45) is 27.4 Å². The summed E-state index contributed by atoms with van der Waals surface area (Å²) in [5.41, 5.74) is 5.59. The van der Waals surface area contributed by atoms with Crippen molar-refractivity contribution in [3.63, 3.8) is 0 Å². The van der Waals surface area contributed by atoms with Crippen LogP contribution in [0.1, 0.15) is 19.3 Å². The van der Waals surface area contributed by atoms with Crippen LogP contribution < -0.4 is 10.9 Å². The summed E-state index contributed by atoms with van der Waals surface area (Å²) in [5, 5.41) is 16.6. The smallest absolute Gasteiger partial charge is 0.276 e. The number of nitrogens with zero attached hydrogens (tertiary/aromatic N) is 2. The summed E-state index contributed by atoms with van der Waals surface area (Å²) >= 11 is 0. The molecule has 0 aromatic heterocycles. The molecule has 1 heterocycles. The van der Waals surface area contributed by atoms with Gasteiger partial charge in [-0.15, -0.1) is 0 Å². The Kier molecular flexibility index (Phi) is 2.59. The molecule has 0 aromatic rings. The van der Waals surface area contributed by atoms with Gasteiger partial charge in [0.1, 0.15) is 5.84 Å². The van der Waals surface area contributed by atoms with Crippen molar-refractivity contribution in [1.29, 1.82) is 0 Å². The van der Waals surface area contributed by atoms with Crippen LogP contribution in [0.5, 0.6) is 0 Å². The number of hydrogen-bond donors (Lipinski definition) is 3. The summed E-state index contributed by atoms with van der Waals surface area (Å²) in [5.74, 6) is 0.351. The zero-order chi connectivity index (χ0) is 12.0. The number of hydrogen-bond acceptors (Lipinski definition) is 4. The number of oxime groups is 1. The molecule has 1 saturated carbocycles. The summed E-state index contributed by atoms with van der Waals surface area (Å²) in [6.07, 6.45) is 2.33. The first-order chi connectivity index (χ1) is 7.39. The van der Waals surface area contributed by atoms with Crippen LogP contribution in [0.2, 0.25) is 0 Å². The monoisotopic (exact) mass is 248 g/mol. The molecule has 92 valence electrons. The van der Waals surface area contributed by atoms with Gasteiger partial charge in [-0.2, -0.15) is 12.7 Å². The minimum Gasteiger partial charge on any atom is -0.409 e. The zero-order valence-electron chi connectivity index (χ0n) is 8.83. The molecule has 16 heavy (non-hydrogen) atoms. The maximum absolute atomic E-state index is 11.1. The second kappa shape index (κ2) is 3.57. The highest BCUT2D eigenvalue weighted by atomic mass is 32.2. The standard InChI is InChI=1S/C8H16N4O3S/c9-7(11-13)6-5-8(6)1-3-12(4-2-8)16(10,14)15/h6,13H,1-5H2,(H2,9,11)(H2,10,14,15). The first-order valence-corrected chi connectivity index (χ1v) is 6.65. The van der Waals surface area contributed by atoms with Crippen molar-refractivity contribution in [2.45, 2.75) is 19.3 Å². The largest absolute Gasteiger partial charge is 0.409 e. The molecule has 8 heteroatoms. The van der Waals surface area contributed by atoms with Gasteiger partial charge in [0.05, 0.1) is 0 Å². The molecule has 1 spiro atoms. The Hall–Kier alpha value is -0.860. The summed E-state index contributed by atoms with van der Waals surface area (Å²) in [6, 6.07) is 0. The molecule has 2 rings (SSSR count). The third kappa shape index (κ3) is 1.87. The summed E-state index contributed by atoms with van der Waals surface area (Å²) in [6.45, 7) is 0.849. The lowest BCUT2D eigenvalue weighted by atomic mass is 9.91. The van der Waals surface area contributed by atoms with E-state index >= 15 is 0 Å². The average molecular weight is 248 g/mol. The predicted octanol–water partition coefficient (Wildman–Crippen LogP) is -0.962. The maximum atomic E-state index is 11.1. The van der Waals surface area contributed by atoms with Gasteiger partial charge in [-0.25, -0.2) is 5.14 Å². The van der Waals surface area contributed by atoms with Gasteiger partial charge < -0.3 is 10.9 Å². The van der Waals surface area contributed by atoms with Gasteiger partial charge in [0, 0.05) is 19.0 Å². The highest BCUT2D eigenvalue weighted by molar-refractivity contribution is 7.86. The molecule has 5 N–H and O–H groups in total. The van der Waals surface area contributed by atoms with E-state index < -0.39 is 10.2 Å². The van der Waals surface area contributed by atoms with Crippen molar-refractivity contribution in [3.05, 3.63) is 0 Å². The minimum atomic E-state index is -3.57. The fraction of sp³-hybridized carbons (Fsp3) is 0.875. The van der Waals surface area contributed by atoms with Crippen LogP contribution in [0.15, 0.2) is 5.16 Å². The van der Waals surface area contributed by atoms with E-state index in [0.29, 0.717) is 13.1 Å². The molecule has 0 radical (unpaired) electrons. The Morgan fingerprint density at radius 3 is 2.44 bits per heavy atom. The Morgan fingerprint density at radius 2 is 2.00 bits per heavy atom. The quantitative estimate of drug-likeness (QED) is 0.252. The first-order valence-electron chi connectivity index (χ1n) is 5.14. The Balaban J connectivity index is 1.98. The van der Waals surface area contributed by atoms with E-state index in [1.165, 1.54) is 4.31 Å². The van der Waals surface area contributed by atoms with E-state index in [9.17, 15) is 8.42 Å². The summed E-state index contributed by atoms with van der Waals surface area (Å²) in [7, 11) is -3.57. The van der Waals surface area contributed by atoms with E-state index in [1.54, 1.807) is 0 Å². The lowest BCUT2D eigenvalue weighted by molar-refractivity contribution is 0.248. The van der Waals surface area contributed by atoms with Crippen LogP contribution in [0.4, 0.5) is 0 Å². The first kappa shape index (κ1) is 11.6. The van der Waals surface area contributed by atoms with E-state index in [-0.39, 0.29) is 17.2 Å². The Bertz CT molecular complexity index is 411. The van der Waals surface area contributed by atoms with Crippen molar-refractivity contribution in [3.8, 4) is 0 Å². The van der Waals surface area contributed by atoms with Crippen molar-refractivity contribution < 1.29 is 13.6 Å². The van der Waals surface area contributed by atoms with Gasteiger partial charge in [-0.3, -0.25) is 0 Å². The normalized spacial score (nSPS) is 30.6. The molecule has 1 unspecified atom stereocenters. The minimum absolute atomic E-state index is 0.0392. The second-order valence-corrected chi connectivity index (χ2v) is 6.13. The molecular weight excluding hydrogens is 232 g/mol. The number of rotatable bonds is 2. The fourth-order valence-corrected chi connectivity index (χ4v) is 3.27. The second-order valence-electron chi connectivity index (χ2n) is 4.59. The molecule has 1 aliphatic carbocycles. The average Bonchev–Trinajstić information content (AvgIpc) is 2.90. The highest BCUT2D eigenvalue weighted by Gasteiger charge is 2.57. The topological polar surface area (TPSA) is 122 Å². The molecule has 0 aromatic carbocycles. The van der Waals surface area contributed by atoms with Gasteiger partial charge in [-0.1, -0.05) is 5.16 Å². The third-order valence-electron chi connectivity index (χ3n) is 3.74. The predicted molar refractivity (Wildman–Crippen MR) is 57.9 cm³/mol.